The molecule has 0 radical (unpaired) electrons. The summed E-state index contributed by atoms with van der Waals surface area (Å²) in [6.45, 7) is 9.26. The van der Waals surface area contributed by atoms with Crippen LogP contribution in [0.4, 0.5) is 5.69 Å². The second-order valence-corrected chi connectivity index (χ2v) is 6.57. The smallest absolute Gasteiger partial charge is 0.191 e. The third-order valence-electron chi connectivity index (χ3n) is 4.60. The Balaban J connectivity index is 1.93. The molecule has 1 fully saturated rings. The zero-order valence-electron chi connectivity index (χ0n) is 15.7. The number of guanidine groups is 1. The first-order valence-electron chi connectivity index (χ1n) is 9.16. The van der Waals surface area contributed by atoms with Crippen molar-refractivity contribution in [3.8, 4) is 0 Å². The number of hydrogen-bond acceptors (Lipinski definition) is 3. The Bertz CT molecular complexity index is 526. The average molecular weight is 332 g/mol. The molecule has 0 spiro atoms. The van der Waals surface area contributed by atoms with Crippen molar-refractivity contribution in [3.05, 3.63) is 29.8 Å². The van der Waals surface area contributed by atoms with E-state index < -0.39 is 0 Å². The summed E-state index contributed by atoms with van der Waals surface area (Å²) in [4.78, 5) is 9.43. The van der Waals surface area contributed by atoms with Gasteiger partial charge in [-0.2, -0.15) is 0 Å². The fourth-order valence-corrected chi connectivity index (χ4v) is 3.20. The van der Waals surface area contributed by atoms with Crippen molar-refractivity contribution in [2.24, 2.45) is 4.99 Å². The van der Waals surface area contributed by atoms with Crippen molar-refractivity contribution >= 4 is 11.6 Å². The molecule has 5 heteroatoms. The molecular weight excluding hydrogens is 298 g/mol. The molecule has 1 aliphatic rings. The fourth-order valence-electron chi connectivity index (χ4n) is 3.20. The Morgan fingerprint density at radius 1 is 1.29 bits per heavy atom. The zero-order valence-corrected chi connectivity index (χ0v) is 15.7. The minimum Gasteiger partial charge on any atom is -0.378 e. The van der Waals surface area contributed by atoms with E-state index in [0.717, 1.165) is 25.6 Å². The molecule has 1 unspecified atom stereocenters. The number of rotatable bonds is 7. The van der Waals surface area contributed by atoms with Crippen molar-refractivity contribution in [1.82, 2.24) is 15.5 Å². The van der Waals surface area contributed by atoms with Crippen LogP contribution in [-0.4, -0.2) is 57.2 Å². The van der Waals surface area contributed by atoms with Crippen LogP contribution in [0.3, 0.4) is 0 Å². The number of nitrogens with one attached hydrogen (secondary N) is 2. The third-order valence-corrected chi connectivity index (χ3v) is 4.60. The Morgan fingerprint density at radius 3 is 2.83 bits per heavy atom. The van der Waals surface area contributed by atoms with Gasteiger partial charge in [-0.05, 0) is 50.6 Å². The van der Waals surface area contributed by atoms with E-state index in [1.807, 2.05) is 0 Å². The second kappa shape index (κ2) is 9.52. The molecule has 1 aromatic rings. The molecule has 2 rings (SSSR count). The van der Waals surface area contributed by atoms with Crippen molar-refractivity contribution in [2.75, 3.05) is 45.2 Å². The Kier molecular flexibility index (Phi) is 7.37. The van der Waals surface area contributed by atoms with Crippen LogP contribution >= 0.6 is 0 Å². The second-order valence-electron chi connectivity index (χ2n) is 6.57. The largest absolute Gasteiger partial charge is 0.378 e. The summed E-state index contributed by atoms with van der Waals surface area (Å²) in [6, 6.07) is 9.18. The molecule has 1 atom stereocenters. The molecule has 1 saturated heterocycles. The molecule has 1 aromatic carbocycles. The minimum atomic E-state index is 0.635. The van der Waals surface area contributed by atoms with E-state index in [-0.39, 0.29) is 0 Å². The van der Waals surface area contributed by atoms with E-state index in [1.165, 1.54) is 30.6 Å². The van der Waals surface area contributed by atoms with Crippen molar-refractivity contribution in [2.45, 2.75) is 39.3 Å². The summed E-state index contributed by atoms with van der Waals surface area (Å²) in [6.07, 6.45) is 2.59. The zero-order chi connectivity index (χ0) is 17.4. The molecule has 24 heavy (non-hydrogen) atoms. The van der Waals surface area contributed by atoms with Gasteiger partial charge < -0.3 is 15.5 Å². The highest BCUT2D eigenvalue weighted by Crippen LogP contribution is 2.16. The predicted octanol–water partition coefficient (Wildman–Crippen LogP) is 2.29. The Labute approximate surface area is 147 Å². The molecule has 0 saturated carbocycles. The summed E-state index contributed by atoms with van der Waals surface area (Å²) in [5.74, 6) is 0.913. The molecular formula is C19H33N5. The number of aliphatic imine (C=N–C) groups is 1. The van der Waals surface area contributed by atoms with E-state index in [1.54, 1.807) is 0 Å². The van der Waals surface area contributed by atoms with Crippen LogP contribution in [0.5, 0.6) is 0 Å². The normalized spacial score (nSPS) is 18.7. The lowest BCUT2D eigenvalue weighted by Crippen LogP contribution is -2.44. The summed E-state index contributed by atoms with van der Waals surface area (Å²) >= 11 is 0. The summed E-state index contributed by atoms with van der Waals surface area (Å²) in [7, 11) is 4.13. The maximum Gasteiger partial charge on any atom is 0.191 e. The molecule has 5 nitrogen and oxygen atoms in total. The Hall–Kier alpha value is -1.75. The van der Waals surface area contributed by atoms with Gasteiger partial charge in [0.15, 0.2) is 5.96 Å². The lowest BCUT2D eigenvalue weighted by Gasteiger charge is -2.24. The highest BCUT2D eigenvalue weighted by atomic mass is 15.2. The summed E-state index contributed by atoms with van der Waals surface area (Å²) < 4.78 is 0. The van der Waals surface area contributed by atoms with Crippen LogP contribution in [0, 0.1) is 0 Å². The van der Waals surface area contributed by atoms with Crippen molar-refractivity contribution in [3.63, 3.8) is 0 Å². The highest BCUT2D eigenvalue weighted by molar-refractivity contribution is 5.79. The summed E-state index contributed by atoms with van der Waals surface area (Å²) in [5, 5.41) is 6.88. The quantitative estimate of drug-likeness (QED) is 0.594. The van der Waals surface area contributed by atoms with Gasteiger partial charge in [-0.3, -0.25) is 4.90 Å². The number of nitrogens with zero attached hydrogens (tertiary/aromatic N) is 3. The molecule has 0 amide bonds. The van der Waals surface area contributed by atoms with Gasteiger partial charge in [0.05, 0.1) is 6.54 Å². The van der Waals surface area contributed by atoms with Crippen LogP contribution < -0.4 is 15.5 Å². The highest BCUT2D eigenvalue weighted by Gasteiger charge is 2.22. The van der Waals surface area contributed by atoms with Crippen LogP contribution in [0.2, 0.25) is 0 Å². The van der Waals surface area contributed by atoms with E-state index in [9.17, 15) is 0 Å². The molecule has 0 aromatic heterocycles. The van der Waals surface area contributed by atoms with Crippen molar-refractivity contribution in [1.29, 1.82) is 0 Å². The van der Waals surface area contributed by atoms with Crippen LogP contribution in [-0.2, 0) is 6.54 Å². The molecule has 1 aliphatic heterocycles. The number of likely N-dealkylation sites (N-methyl/N-ethyl adjacent to an activating group) is 1. The van der Waals surface area contributed by atoms with Gasteiger partial charge in [0.2, 0.25) is 0 Å². The monoisotopic (exact) mass is 331 g/mol. The van der Waals surface area contributed by atoms with Gasteiger partial charge in [-0.15, -0.1) is 0 Å². The number of benzene rings is 1. The molecule has 0 bridgehead atoms. The van der Waals surface area contributed by atoms with E-state index >= 15 is 0 Å². The molecule has 134 valence electrons. The standard InChI is InChI=1S/C19H33N5/c1-5-20-19(22-15-18-11-8-12-24(18)6-2)21-14-16-9-7-10-17(13-16)23(3)4/h7,9-10,13,18H,5-6,8,11-12,14-15H2,1-4H3,(H2,20,21,22). The number of likely N-dealkylation sites (tertiary alicyclic amines) is 1. The topological polar surface area (TPSA) is 42.9 Å². The van der Waals surface area contributed by atoms with Gasteiger partial charge in [-0.1, -0.05) is 19.1 Å². The Morgan fingerprint density at radius 2 is 2.12 bits per heavy atom. The summed E-state index contributed by atoms with van der Waals surface area (Å²) in [5.41, 5.74) is 2.44. The van der Waals surface area contributed by atoms with E-state index in [0.29, 0.717) is 12.6 Å². The first-order valence-corrected chi connectivity index (χ1v) is 9.16. The van der Waals surface area contributed by atoms with Gasteiger partial charge in [0.1, 0.15) is 0 Å². The first-order chi connectivity index (χ1) is 11.6. The minimum absolute atomic E-state index is 0.635. The number of anilines is 1. The third kappa shape index (κ3) is 5.41. The van der Waals surface area contributed by atoms with Crippen molar-refractivity contribution < 1.29 is 0 Å². The van der Waals surface area contributed by atoms with E-state index in [4.69, 9.17) is 4.99 Å². The van der Waals surface area contributed by atoms with Gasteiger partial charge in [0, 0.05) is 38.9 Å². The lowest BCUT2D eigenvalue weighted by molar-refractivity contribution is 0.267. The predicted molar refractivity (Wildman–Crippen MR) is 104 cm³/mol. The van der Waals surface area contributed by atoms with Gasteiger partial charge in [-0.25, -0.2) is 4.99 Å². The maximum absolute atomic E-state index is 4.75. The fraction of sp³-hybridized carbons (Fsp3) is 0.632. The number of hydrogen-bond donors (Lipinski definition) is 2. The van der Waals surface area contributed by atoms with Crippen LogP contribution in [0.15, 0.2) is 29.3 Å². The van der Waals surface area contributed by atoms with Crippen LogP contribution in [0.25, 0.3) is 0 Å². The lowest BCUT2D eigenvalue weighted by atomic mass is 10.2. The average Bonchev–Trinajstić information content (AvgIpc) is 3.05. The molecule has 2 N–H and O–H groups in total. The first kappa shape index (κ1) is 18.6. The SMILES string of the molecule is CCNC(=NCc1cccc(N(C)C)c1)NCC1CCCN1CC. The molecule has 1 heterocycles. The van der Waals surface area contributed by atoms with Gasteiger partial charge >= 0.3 is 0 Å². The van der Waals surface area contributed by atoms with Gasteiger partial charge in [0.25, 0.3) is 0 Å². The van der Waals surface area contributed by atoms with E-state index in [2.05, 4.69) is 72.6 Å². The molecule has 0 aliphatic carbocycles. The maximum atomic E-state index is 4.75. The van der Waals surface area contributed by atoms with Crippen LogP contribution in [0.1, 0.15) is 32.3 Å².